The summed E-state index contributed by atoms with van der Waals surface area (Å²) in [6, 6.07) is 0.507. The van der Waals surface area contributed by atoms with Crippen molar-refractivity contribution in [1.82, 2.24) is 4.90 Å². The van der Waals surface area contributed by atoms with Crippen molar-refractivity contribution < 1.29 is 4.79 Å². The molecule has 3 heteroatoms. The number of hydrogen-bond acceptors (Lipinski definition) is 2. The summed E-state index contributed by atoms with van der Waals surface area (Å²) < 4.78 is 0. The molecule has 0 saturated heterocycles. The van der Waals surface area contributed by atoms with Crippen molar-refractivity contribution in [2.24, 2.45) is 11.7 Å². The van der Waals surface area contributed by atoms with Crippen LogP contribution in [0.2, 0.25) is 0 Å². The third kappa shape index (κ3) is 3.48. The average molecular weight is 226 g/mol. The first kappa shape index (κ1) is 13.5. The van der Waals surface area contributed by atoms with Gasteiger partial charge in [0, 0.05) is 19.0 Å². The molecule has 94 valence electrons. The molecule has 1 saturated carbocycles. The lowest BCUT2D eigenvalue weighted by Crippen LogP contribution is -2.40. The molecule has 0 radical (unpaired) electrons. The molecule has 0 aliphatic heterocycles. The molecule has 0 aromatic carbocycles. The first-order valence-electron chi connectivity index (χ1n) is 6.72. The molecule has 1 unspecified atom stereocenters. The minimum Gasteiger partial charge on any atom is -0.340 e. The van der Waals surface area contributed by atoms with E-state index in [1.54, 1.807) is 0 Å². The molecule has 0 aromatic heterocycles. The molecule has 2 N–H and O–H groups in total. The summed E-state index contributed by atoms with van der Waals surface area (Å²) in [7, 11) is 0. The van der Waals surface area contributed by atoms with Crippen molar-refractivity contribution in [3.05, 3.63) is 0 Å². The molecule has 1 rings (SSSR count). The van der Waals surface area contributed by atoms with E-state index in [9.17, 15) is 4.79 Å². The van der Waals surface area contributed by atoms with Crippen molar-refractivity contribution >= 4 is 5.91 Å². The topological polar surface area (TPSA) is 46.3 Å². The molecule has 1 atom stereocenters. The summed E-state index contributed by atoms with van der Waals surface area (Å²) in [5.41, 5.74) is 5.66. The Morgan fingerprint density at radius 2 is 2.00 bits per heavy atom. The fourth-order valence-corrected chi connectivity index (χ4v) is 2.61. The molecule has 0 bridgehead atoms. The zero-order chi connectivity index (χ0) is 12.0. The molecule has 3 nitrogen and oxygen atoms in total. The van der Waals surface area contributed by atoms with Crippen molar-refractivity contribution in [3.8, 4) is 0 Å². The van der Waals surface area contributed by atoms with E-state index < -0.39 is 0 Å². The first-order chi connectivity index (χ1) is 7.72. The largest absolute Gasteiger partial charge is 0.340 e. The van der Waals surface area contributed by atoms with Gasteiger partial charge in [-0.25, -0.2) is 0 Å². The Hall–Kier alpha value is -0.570. The number of carbonyl (C=O) groups excluding carboxylic acids is 1. The lowest BCUT2D eigenvalue weighted by atomic mass is 10.0. The SMILES string of the molecule is CCC(CN)CC(=O)N(CC)C1CCCC1. The van der Waals surface area contributed by atoms with Gasteiger partial charge in [-0.3, -0.25) is 4.79 Å². The summed E-state index contributed by atoms with van der Waals surface area (Å²) in [5, 5.41) is 0. The number of amides is 1. The van der Waals surface area contributed by atoms with Gasteiger partial charge in [0.05, 0.1) is 0 Å². The predicted molar refractivity (Wildman–Crippen MR) is 67.1 cm³/mol. The van der Waals surface area contributed by atoms with E-state index in [2.05, 4.69) is 18.7 Å². The van der Waals surface area contributed by atoms with Gasteiger partial charge in [0.25, 0.3) is 0 Å². The fourth-order valence-electron chi connectivity index (χ4n) is 2.61. The van der Waals surface area contributed by atoms with Crippen LogP contribution in [-0.2, 0) is 4.79 Å². The highest BCUT2D eigenvalue weighted by atomic mass is 16.2. The minimum absolute atomic E-state index is 0.312. The van der Waals surface area contributed by atoms with Crippen LogP contribution in [0.15, 0.2) is 0 Å². The highest BCUT2D eigenvalue weighted by Crippen LogP contribution is 2.24. The van der Waals surface area contributed by atoms with E-state index in [1.165, 1.54) is 25.7 Å². The fraction of sp³-hybridized carbons (Fsp3) is 0.923. The van der Waals surface area contributed by atoms with Gasteiger partial charge in [-0.1, -0.05) is 26.2 Å². The van der Waals surface area contributed by atoms with E-state index in [1.807, 2.05) is 0 Å². The highest BCUT2D eigenvalue weighted by molar-refractivity contribution is 5.76. The molecule has 16 heavy (non-hydrogen) atoms. The standard InChI is InChI=1S/C13H26N2O/c1-3-11(10-14)9-13(16)15(4-2)12-7-5-6-8-12/h11-12H,3-10,14H2,1-2H3. The summed E-state index contributed by atoms with van der Waals surface area (Å²) in [6.45, 7) is 5.67. The zero-order valence-corrected chi connectivity index (χ0v) is 10.7. The van der Waals surface area contributed by atoms with E-state index in [-0.39, 0.29) is 0 Å². The molecule has 0 spiro atoms. The van der Waals surface area contributed by atoms with Crippen LogP contribution in [-0.4, -0.2) is 29.9 Å². The van der Waals surface area contributed by atoms with Crippen molar-refractivity contribution in [2.75, 3.05) is 13.1 Å². The van der Waals surface area contributed by atoms with Gasteiger partial charge >= 0.3 is 0 Å². The van der Waals surface area contributed by atoms with Crippen LogP contribution < -0.4 is 5.73 Å². The van der Waals surface area contributed by atoms with Crippen LogP contribution in [0.5, 0.6) is 0 Å². The maximum atomic E-state index is 12.2. The maximum Gasteiger partial charge on any atom is 0.223 e. The van der Waals surface area contributed by atoms with Gasteiger partial charge < -0.3 is 10.6 Å². The Morgan fingerprint density at radius 3 is 2.44 bits per heavy atom. The Kier molecular flexibility index (Phi) is 5.81. The lowest BCUT2D eigenvalue weighted by molar-refractivity contribution is -0.134. The van der Waals surface area contributed by atoms with Crippen LogP contribution >= 0.6 is 0 Å². The molecule has 1 amide bonds. The first-order valence-corrected chi connectivity index (χ1v) is 6.72. The van der Waals surface area contributed by atoms with Gasteiger partial charge in [0.1, 0.15) is 0 Å². The average Bonchev–Trinajstić information content (AvgIpc) is 2.80. The second-order valence-electron chi connectivity index (χ2n) is 4.83. The Bertz CT molecular complexity index is 208. The molecule has 0 aromatic rings. The van der Waals surface area contributed by atoms with Gasteiger partial charge in [0.15, 0.2) is 0 Å². The van der Waals surface area contributed by atoms with Crippen LogP contribution in [0, 0.1) is 5.92 Å². The molecular weight excluding hydrogens is 200 g/mol. The van der Waals surface area contributed by atoms with Gasteiger partial charge in [-0.15, -0.1) is 0 Å². The van der Waals surface area contributed by atoms with E-state index in [0.29, 0.717) is 30.8 Å². The number of nitrogens with two attached hydrogens (primary N) is 1. The van der Waals surface area contributed by atoms with Gasteiger partial charge in [0.2, 0.25) is 5.91 Å². The molecule has 0 heterocycles. The van der Waals surface area contributed by atoms with Crippen LogP contribution in [0.4, 0.5) is 0 Å². The minimum atomic E-state index is 0.312. The van der Waals surface area contributed by atoms with E-state index in [4.69, 9.17) is 5.73 Å². The molecular formula is C13H26N2O. The summed E-state index contributed by atoms with van der Waals surface area (Å²) in [6.07, 6.45) is 6.59. The number of rotatable bonds is 6. The third-order valence-electron chi connectivity index (χ3n) is 3.80. The third-order valence-corrected chi connectivity index (χ3v) is 3.80. The number of nitrogens with zero attached hydrogens (tertiary/aromatic N) is 1. The van der Waals surface area contributed by atoms with Crippen molar-refractivity contribution in [2.45, 2.75) is 58.4 Å². The maximum absolute atomic E-state index is 12.2. The summed E-state index contributed by atoms with van der Waals surface area (Å²) >= 11 is 0. The number of carbonyl (C=O) groups is 1. The van der Waals surface area contributed by atoms with Crippen LogP contribution in [0.1, 0.15) is 52.4 Å². The lowest BCUT2D eigenvalue weighted by Gasteiger charge is -2.29. The zero-order valence-electron chi connectivity index (χ0n) is 10.7. The van der Waals surface area contributed by atoms with Crippen molar-refractivity contribution in [1.29, 1.82) is 0 Å². The predicted octanol–water partition coefficient (Wildman–Crippen LogP) is 2.15. The normalized spacial score (nSPS) is 18.7. The molecule has 1 aliphatic rings. The summed E-state index contributed by atoms with van der Waals surface area (Å²) in [5.74, 6) is 0.676. The van der Waals surface area contributed by atoms with Gasteiger partial charge in [-0.2, -0.15) is 0 Å². The van der Waals surface area contributed by atoms with Crippen LogP contribution in [0.25, 0.3) is 0 Å². The van der Waals surface area contributed by atoms with Crippen LogP contribution in [0.3, 0.4) is 0 Å². The Balaban J connectivity index is 2.48. The highest BCUT2D eigenvalue weighted by Gasteiger charge is 2.26. The smallest absolute Gasteiger partial charge is 0.223 e. The Morgan fingerprint density at radius 1 is 1.38 bits per heavy atom. The number of hydrogen-bond donors (Lipinski definition) is 1. The second kappa shape index (κ2) is 6.89. The molecule has 1 fully saturated rings. The monoisotopic (exact) mass is 226 g/mol. The van der Waals surface area contributed by atoms with E-state index >= 15 is 0 Å². The van der Waals surface area contributed by atoms with Gasteiger partial charge in [-0.05, 0) is 32.2 Å². The Labute approximate surface area is 99.4 Å². The quantitative estimate of drug-likeness (QED) is 0.754. The van der Waals surface area contributed by atoms with E-state index in [0.717, 1.165) is 13.0 Å². The molecule has 1 aliphatic carbocycles. The summed E-state index contributed by atoms with van der Waals surface area (Å²) in [4.78, 5) is 14.2. The second-order valence-corrected chi connectivity index (χ2v) is 4.83. The van der Waals surface area contributed by atoms with Crippen molar-refractivity contribution in [3.63, 3.8) is 0 Å².